The molecular formula is C17H16N4O3. The number of benzene rings is 1. The van der Waals surface area contributed by atoms with Crippen molar-refractivity contribution in [1.29, 1.82) is 5.26 Å². The first-order valence-electron chi connectivity index (χ1n) is 7.11. The molecule has 0 aliphatic carbocycles. The van der Waals surface area contributed by atoms with E-state index in [1.54, 1.807) is 44.2 Å². The van der Waals surface area contributed by atoms with Gasteiger partial charge in [-0.25, -0.2) is 4.68 Å². The van der Waals surface area contributed by atoms with E-state index in [0.717, 1.165) is 0 Å². The van der Waals surface area contributed by atoms with Gasteiger partial charge < -0.3 is 10.5 Å². The van der Waals surface area contributed by atoms with Crippen LogP contribution in [0.25, 0.3) is 6.08 Å². The van der Waals surface area contributed by atoms with Crippen LogP contribution in [0, 0.1) is 25.2 Å². The summed E-state index contributed by atoms with van der Waals surface area (Å²) < 4.78 is 6.35. The van der Waals surface area contributed by atoms with Crippen molar-refractivity contribution < 1.29 is 14.3 Å². The van der Waals surface area contributed by atoms with E-state index in [9.17, 15) is 14.9 Å². The van der Waals surface area contributed by atoms with Crippen molar-refractivity contribution in [2.24, 2.45) is 5.73 Å². The Morgan fingerprint density at radius 1 is 1.33 bits per heavy atom. The summed E-state index contributed by atoms with van der Waals surface area (Å²) in [6, 6.07) is 10.2. The lowest BCUT2D eigenvalue weighted by atomic mass is 10.1. The number of primary amides is 1. The number of nitrogens with two attached hydrogens (primary N) is 1. The van der Waals surface area contributed by atoms with E-state index < -0.39 is 11.8 Å². The number of carbonyl (C=O) groups is 2. The summed E-state index contributed by atoms with van der Waals surface area (Å²) >= 11 is 0. The molecule has 0 bridgehead atoms. The fourth-order valence-electron chi connectivity index (χ4n) is 2.07. The predicted octanol–water partition coefficient (Wildman–Crippen LogP) is 1.61. The average molecular weight is 324 g/mol. The molecule has 1 amide bonds. The summed E-state index contributed by atoms with van der Waals surface area (Å²) in [5, 5.41) is 13.3. The summed E-state index contributed by atoms with van der Waals surface area (Å²) in [4.78, 5) is 23.1. The van der Waals surface area contributed by atoms with Crippen molar-refractivity contribution in [3.63, 3.8) is 0 Å². The molecule has 2 rings (SSSR count). The van der Waals surface area contributed by atoms with Crippen molar-refractivity contribution in [1.82, 2.24) is 9.78 Å². The van der Waals surface area contributed by atoms with Gasteiger partial charge in [0.25, 0.3) is 11.8 Å². The van der Waals surface area contributed by atoms with E-state index in [1.807, 2.05) is 6.07 Å². The monoisotopic (exact) mass is 324 g/mol. The van der Waals surface area contributed by atoms with Gasteiger partial charge in [-0.05, 0) is 43.7 Å². The zero-order chi connectivity index (χ0) is 17.7. The first kappa shape index (κ1) is 17.0. The van der Waals surface area contributed by atoms with E-state index in [0.29, 0.717) is 22.7 Å². The molecule has 0 atom stereocenters. The molecule has 24 heavy (non-hydrogen) atoms. The van der Waals surface area contributed by atoms with Crippen molar-refractivity contribution in [2.45, 2.75) is 13.8 Å². The second-order valence-corrected chi connectivity index (χ2v) is 5.14. The molecular weight excluding hydrogens is 308 g/mol. The van der Waals surface area contributed by atoms with Crippen LogP contribution in [-0.4, -0.2) is 28.2 Å². The van der Waals surface area contributed by atoms with Crippen molar-refractivity contribution >= 4 is 17.9 Å². The molecule has 1 heterocycles. The van der Waals surface area contributed by atoms with Crippen molar-refractivity contribution in [2.75, 3.05) is 6.61 Å². The molecule has 122 valence electrons. The van der Waals surface area contributed by atoms with Crippen LogP contribution in [0.5, 0.6) is 5.75 Å². The van der Waals surface area contributed by atoms with Gasteiger partial charge in [0.15, 0.2) is 6.61 Å². The second-order valence-electron chi connectivity index (χ2n) is 5.14. The minimum Gasteiger partial charge on any atom is -0.484 e. The van der Waals surface area contributed by atoms with Crippen molar-refractivity contribution in [3.05, 3.63) is 52.9 Å². The van der Waals surface area contributed by atoms with Gasteiger partial charge in [-0.2, -0.15) is 10.4 Å². The number of amides is 1. The maximum Gasteiger partial charge on any atom is 0.289 e. The molecule has 0 aliphatic heterocycles. The molecule has 0 unspecified atom stereocenters. The summed E-state index contributed by atoms with van der Waals surface area (Å²) in [6.07, 6.45) is 1.47. The zero-order valence-electron chi connectivity index (χ0n) is 13.3. The Morgan fingerprint density at radius 3 is 2.50 bits per heavy atom. The Kier molecular flexibility index (Phi) is 5.12. The Labute approximate surface area is 138 Å². The summed E-state index contributed by atoms with van der Waals surface area (Å²) in [5.74, 6) is -0.590. The highest BCUT2D eigenvalue weighted by molar-refractivity contribution is 6.03. The second kappa shape index (κ2) is 7.24. The van der Waals surface area contributed by atoms with E-state index in [1.165, 1.54) is 10.8 Å². The third-order valence-corrected chi connectivity index (χ3v) is 3.13. The van der Waals surface area contributed by atoms with Crippen LogP contribution in [0.3, 0.4) is 0 Å². The smallest absolute Gasteiger partial charge is 0.289 e. The minimum absolute atomic E-state index is 0.0352. The van der Waals surface area contributed by atoms with Crippen LogP contribution in [0.1, 0.15) is 21.7 Å². The first-order chi connectivity index (χ1) is 11.4. The molecule has 0 saturated heterocycles. The van der Waals surface area contributed by atoms with E-state index in [2.05, 4.69) is 5.10 Å². The molecule has 2 N–H and O–H groups in total. The molecule has 1 aromatic heterocycles. The lowest BCUT2D eigenvalue weighted by molar-refractivity contribution is -0.119. The Balaban J connectivity index is 2.21. The molecule has 0 saturated carbocycles. The van der Waals surface area contributed by atoms with E-state index in [-0.39, 0.29) is 12.2 Å². The lowest BCUT2D eigenvalue weighted by Crippen LogP contribution is -2.19. The normalized spacial score (nSPS) is 11.0. The first-order valence-corrected chi connectivity index (χ1v) is 7.11. The molecule has 7 nitrogen and oxygen atoms in total. The topological polar surface area (TPSA) is 111 Å². The number of allylic oxidation sites excluding steroid dienone is 1. The van der Waals surface area contributed by atoms with Gasteiger partial charge in [-0.3, -0.25) is 9.59 Å². The Hall–Kier alpha value is -3.40. The SMILES string of the molecule is Cc1cc(C)n(C(=O)/C(C#N)=C/c2ccc(OCC(N)=O)cc2)n1. The predicted molar refractivity (Wildman–Crippen MR) is 87.0 cm³/mol. The highest BCUT2D eigenvalue weighted by atomic mass is 16.5. The third-order valence-electron chi connectivity index (χ3n) is 3.13. The highest BCUT2D eigenvalue weighted by Crippen LogP contribution is 2.15. The molecule has 0 spiro atoms. The number of ether oxygens (including phenoxy) is 1. The fourth-order valence-corrected chi connectivity index (χ4v) is 2.07. The van der Waals surface area contributed by atoms with Gasteiger partial charge in [0.2, 0.25) is 0 Å². The van der Waals surface area contributed by atoms with E-state index >= 15 is 0 Å². The lowest BCUT2D eigenvalue weighted by Gasteiger charge is -2.04. The Morgan fingerprint density at radius 2 is 2.00 bits per heavy atom. The molecule has 0 fully saturated rings. The number of hydrogen-bond donors (Lipinski definition) is 1. The number of hydrogen-bond acceptors (Lipinski definition) is 5. The van der Waals surface area contributed by atoms with Crippen molar-refractivity contribution in [3.8, 4) is 11.8 Å². The maximum atomic E-state index is 12.4. The van der Waals surface area contributed by atoms with Crippen LogP contribution < -0.4 is 10.5 Å². The highest BCUT2D eigenvalue weighted by Gasteiger charge is 2.15. The molecule has 1 aromatic carbocycles. The molecule has 0 radical (unpaired) electrons. The summed E-state index contributed by atoms with van der Waals surface area (Å²) in [5.41, 5.74) is 6.98. The number of aryl methyl sites for hydroxylation is 2. The number of aromatic nitrogens is 2. The van der Waals surface area contributed by atoms with Crippen LogP contribution >= 0.6 is 0 Å². The van der Waals surface area contributed by atoms with Crippen LogP contribution in [0.4, 0.5) is 0 Å². The Bertz CT molecular complexity index is 842. The number of nitrogens with zero attached hydrogens (tertiary/aromatic N) is 3. The number of rotatable bonds is 5. The average Bonchev–Trinajstić information content (AvgIpc) is 2.89. The molecule has 0 aliphatic rings. The quantitative estimate of drug-likeness (QED) is 0.663. The largest absolute Gasteiger partial charge is 0.484 e. The fraction of sp³-hybridized carbons (Fsp3) is 0.176. The van der Waals surface area contributed by atoms with Gasteiger partial charge in [0, 0.05) is 5.69 Å². The standard InChI is InChI=1S/C17H16N4O3/c1-11-7-12(2)21(20-11)17(23)14(9-18)8-13-3-5-15(6-4-13)24-10-16(19)22/h3-8H,10H2,1-2H3,(H2,19,22)/b14-8+. The van der Waals surface area contributed by atoms with Crippen LogP contribution in [0.15, 0.2) is 35.9 Å². The van der Waals surface area contributed by atoms with Gasteiger partial charge in [0.05, 0.1) is 5.69 Å². The van der Waals surface area contributed by atoms with E-state index in [4.69, 9.17) is 10.5 Å². The van der Waals surface area contributed by atoms with Gasteiger partial charge in [-0.1, -0.05) is 12.1 Å². The zero-order valence-corrected chi connectivity index (χ0v) is 13.3. The van der Waals surface area contributed by atoms with Crippen LogP contribution in [-0.2, 0) is 4.79 Å². The third kappa shape index (κ3) is 4.08. The number of carbonyl (C=O) groups excluding carboxylic acids is 2. The minimum atomic E-state index is -0.568. The summed E-state index contributed by atoms with van der Waals surface area (Å²) in [6.45, 7) is 3.31. The van der Waals surface area contributed by atoms with Gasteiger partial charge in [0.1, 0.15) is 17.4 Å². The van der Waals surface area contributed by atoms with Crippen LogP contribution in [0.2, 0.25) is 0 Å². The maximum absolute atomic E-state index is 12.4. The molecule has 2 aromatic rings. The van der Waals surface area contributed by atoms with Gasteiger partial charge >= 0.3 is 0 Å². The molecule has 7 heteroatoms. The number of nitriles is 1. The summed E-state index contributed by atoms with van der Waals surface area (Å²) in [7, 11) is 0. The van der Waals surface area contributed by atoms with Gasteiger partial charge in [-0.15, -0.1) is 0 Å².